The quantitative estimate of drug-likeness (QED) is 0.226. The van der Waals surface area contributed by atoms with E-state index in [1.165, 1.54) is 6.20 Å². The van der Waals surface area contributed by atoms with Crippen LogP contribution in [0, 0.1) is 23.1 Å². The fourth-order valence-corrected chi connectivity index (χ4v) is 4.35. The minimum absolute atomic E-state index is 0.161. The molecule has 0 saturated carbocycles. The number of benzene rings is 1. The fraction of sp³-hybridized carbons (Fsp3) is 0.185. The number of pyridine rings is 3. The molecule has 0 spiro atoms. The molecule has 39 heavy (non-hydrogen) atoms. The molecule has 1 aliphatic rings. The molecule has 0 radical (unpaired) electrons. The highest BCUT2D eigenvalue weighted by atomic mass is 35.5. The highest BCUT2D eigenvalue weighted by Crippen LogP contribution is 2.37. The van der Waals surface area contributed by atoms with Crippen molar-refractivity contribution in [2.75, 3.05) is 10.6 Å². The lowest BCUT2D eigenvalue weighted by molar-refractivity contribution is 0.138. The fourth-order valence-electron chi connectivity index (χ4n) is 4.09. The van der Waals surface area contributed by atoms with Crippen molar-refractivity contribution in [2.24, 2.45) is 0 Å². The summed E-state index contributed by atoms with van der Waals surface area (Å²) in [6.45, 7) is 6.23. The Morgan fingerprint density at radius 1 is 1.10 bits per heavy atom. The van der Waals surface area contributed by atoms with Gasteiger partial charge in [0.1, 0.15) is 6.07 Å². The lowest BCUT2D eigenvalue weighted by atomic mass is 10.0. The van der Waals surface area contributed by atoms with Gasteiger partial charge in [-0.05, 0) is 44.5 Å². The molecule has 4 aromatic rings. The zero-order chi connectivity index (χ0) is 27.7. The van der Waals surface area contributed by atoms with Crippen LogP contribution in [0.25, 0.3) is 10.9 Å². The number of nitrogens with one attached hydrogen (secondary N) is 4. The van der Waals surface area contributed by atoms with Crippen molar-refractivity contribution in [2.45, 2.75) is 32.4 Å². The number of halogens is 3. The minimum atomic E-state index is -1.22. The third kappa shape index (κ3) is 5.38. The van der Waals surface area contributed by atoms with Crippen LogP contribution in [-0.2, 0) is 0 Å². The predicted octanol–water partition coefficient (Wildman–Crippen LogP) is 5.69. The average Bonchev–Trinajstić information content (AvgIpc) is 3.41. The summed E-state index contributed by atoms with van der Waals surface area (Å²) >= 11 is 6.65. The molecule has 1 atom stereocenters. The van der Waals surface area contributed by atoms with E-state index in [1.54, 1.807) is 24.5 Å². The Kier molecular flexibility index (Phi) is 6.91. The van der Waals surface area contributed by atoms with Gasteiger partial charge in [0, 0.05) is 47.5 Å². The second-order valence-electron chi connectivity index (χ2n) is 9.86. The topological polar surface area (TPSA) is 114 Å². The van der Waals surface area contributed by atoms with Crippen molar-refractivity contribution in [3.8, 4) is 6.07 Å². The summed E-state index contributed by atoms with van der Waals surface area (Å²) in [5, 5.41) is 19.0. The van der Waals surface area contributed by atoms with Crippen LogP contribution in [0.2, 0.25) is 5.02 Å². The molecule has 4 heterocycles. The zero-order valence-corrected chi connectivity index (χ0v) is 22.0. The number of hydrogen-bond donors (Lipinski definition) is 4. The Labute approximate surface area is 228 Å². The molecule has 1 aliphatic heterocycles. The maximum absolute atomic E-state index is 13.8. The summed E-state index contributed by atoms with van der Waals surface area (Å²) in [5.41, 5.74) is 9.67. The van der Waals surface area contributed by atoms with Gasteiger partial charge in [-0.15, -0.1) is 5.53 Å². The van der Waals surface area contributed by atoms with Crippen molar-refractivity contribution in [1.29, 1.82) is 5.26 Å². The Bertz CT molecular complexity index is 1610. The molecule has 9 nitrogen and oxygen atoms in total. The van der Waals surface area contributed by atoms with Crippen LogP contribution in [0.3, 0.4) is 0 Å². The van der Waals surface area contributed by atoms with Gasteiger partial charge in [-0.2, -0.15) is 9.65 Å². The number of aromatic nitrogens is 3. The molecule has 0 aliphatic carbocycles. The van der Waals surface area contributed by atoms with Crippen LogP contribution in [0.5, 0.6) is 0 Å². The average molecular weight is 548 g/mol. The molecule has 5 rings (SSSR count). The monoisotopic (exact) mass is 547 g/mol. The van der Waals surface area contributed by atoms with Gasteiger partial charge in [-0.1, -0.05) is 17.7 Å². The van der Waals surface area contributed by atoms with E-state index in [2.05, 4.69) is 63.4 Å². The number of hydrazine groups is 2. The molecule has 0 bridgehead atoms. The van der Waals surface area contributed by atoms with E-state index in [-0.39, 0.29) is 22.8 Å². The Hall–Kier alpha value is -4.53. The van der Waals surface area contributed by atoms with E-state index < -0.39 is 11.8 Å². The van der Waals surface area contributed by atoms with E-state index in [0.717, 1.165) is 23.5 Å². The molecule has 3 aromatic heterocycles. The van der Waals surface area contributed by atoms with Crippen LogP contribution >= 0.6 is 11.6 Å². The number of hydrogen-bond acceptors (Lipinski definition) is 9. The third-order valence-electron chi connectivity index (χ3n) is 6.06. The van der Waals surface area contributed by atoms with Crippen LogP contribution in [0.1, 0.15) is 37.9 Å². The summed E-state index contributed by atoms with van der Waals surface area (Å²) in [6.07, 6.45) is 7.95. The summed E-state index contributed by atoms with van der Waals surface area (Å²) in [5.74, 6) is -2.34. The van der Waals surface area contributed by atoms with Gasteiger partial charge in [0.25, 0.3) is 0 Å². The van der Waals surface area contributed by atoms with Crippen molar-refractivity contribution >= 4 is 39.6 Å². The largest absolute Gasteiger partial charge is 0.373 e. The molecule has 0 saturated heterocycles. The molecule has 0 fully saturated rings. The first-order chi connectivity index (χ1) is 18.6. The van der Waals surface area contributed by atoms with Gasteiger partial charge in [-0.25, -0.2) is 9.37 Å². The highest BCUT2D eigenvalue weighted by molar-refractivity contribution is 6.36. The molecule has 1 aromatic carbocycles. The second-order valence-corrected chi connectivity index (χ2v) is 10.3. The van der Waals surface area contributed by atoms with Gasteiger partial charge in [0.05, 0.1) is 45.4 Å². The molecular formula is C27H24ClF2N9. The summed E-state index contributed by atoms with van der Waals surface area (Å²) < 4.78 is 27.2. The smallest absolute Gasteiger partial charge is 0.249 e. The summed E-state index contributed by atoms with van der Waals surface area (Å²) in [4.78, 5) is 12.0. The van der Waals surface area contributed by atoms with Crippen molar-refractivity contribution in [1.82, 2.24) is 30.9 Å². The highest BCUT2D eigenvalue weighted by Gasteiger charge is 2.28. The van der Waals surface area contributed by atoms with E-state index in [4.69, 9.17) is 11.6 Å². The maximum atomic E-state index is 13.8. The lowest BCUT2D eigenvalue weighted by Gasteiger charge is -2.30. The Balaban J connectivity index is 1.59. The molecule has 0 unspecified atom stereocenters. The first kappa shape index (κ1) is 26.1. The predicted molar refractivity (Wildman–Crippen MR) is 145 cm³/mol. The maximum Gasteiger partial charge on any atom is 0.249 e. The normalized spacial score (nSPS) is 14.0. The number of nitriles is 1. The van der Waals surface area contributed by atoms with Crippen molar-refractivity contribution < 1.29 is 8.78 Å². The zero-order valence-electron chi connectivity index (χ0n) is 21.2. The Morgan fingerprint density at radius 3 is 2.59 bits per heavy atom. The Morgan fingerprint density at radius 2 is 1.92 bits per heavy atom. The van der Waals surface area contributed by atoms with Crippen LogP contribution in [0.4, 0.5) is 25.8 Å². The SMILES string of the molecule is CC(C)(C)N1C=C([C@@H](Nc2cc(Cl)c3ncc(C#N)c(Nc4cnc(F)c(F)c4)c3c2)c2cccnc2)NN1. The molecule has 4 N–H and O–H groups in total. The minimum Gasteiger partial charge on any atom is -0.373 e. The first-order valence-corrected chi connectivity index (χ1v) is 12.3. The lowest BCUT2D eigenvalue weighted by Crippen LogP contribution is -2.47. The van der Waals surface area contributed by atoms with E-state index in [1.807, 2.05) is 23.3 Å². The van der Waals surface area contributed by atoms with Gasteiger partial charge in [0.15, 0.2) is 5.82 Å². The molecule has 12 heteroatoms. The molecule has 198 valence electrons. The van der Waals surface area contributed by atoms with Gasteiger partial charge in [-0.3, -0.25) is 15.0 Å². The van der Waals surface area contributed by atoms with E-state index in [9.17, 15) is 14.0 Å². The van der Waals surface area contributed by atoms with Gasteiger partial charge in [0.2, 0.25) is 5.95 Å². The summed E-state index contributed by atoms with van der Waals surface area (Å²) in [7, 11) is 0. The number of nitrogens with zero attached hydrogens (tertiary/aromatic N) is 5. The molecule has 0 amide bonds. The number of anilines is 3. The molecular weight excluding hydrogens is 524 g/mol. The standard InChI is InChI=1S/C27H24ClF2N9/c1-27(2,3)39-14-22(37-38-39)24(15-5-4-6-32-11-15)35-17-7-19-23(36-18-9-21(29)26(30)34-13-18)16(10-31)12-33-25(19)20(28)8-17/h4-9,11-14,24,35,37-38H,1-3H3,(H,33,36)/t24-/m0/s1. The third-order valence-corrected chi connectivity index (χ3v) is 6.35. The van der Waals surface area contributed by atoms with Crippen LogP contribution in [0.15, 0.2) is 67.0 Å². The van der Waals surface area contributed by atoms with Gasteiger partial charge >= 0.3 is 0 Å². The second kappa shape index (κ2) is 10.3. The van der Waals surface area contributed by atoms with E-state index in [0.29, 0.717) is 27.3 Å². The first-order valence-electron chi connectivity index (χ1n) is 11.9. The van der Waals surface area contributed by atoms with Crippen LogP contribution < -0.4 is 21.6 Å². The van der Waals surface area contributed by atoms with Crippen molar-refractivity contribution in [3.05, 3.63) is 94.9 Å². The summed E-state index contributed by atoms with van der Waals surface area (Å²) in [6, 6.07) is 10.0. The van der Waals surface area contributed by atoms with Gasteiger partial charge < -0.3 is 16.1 Å². The van der Waals surface area contributed by atoms with Crippen molar-refractivity contribution in [3.63, 3.8) is 0 Å². The van der Waals surface area contributed by atoms with E-state index >= 15 is 0 Å². The number of rotatable bonds is 6. The van der Waals surface area contributed by atoms with Crippen LogP contribution in [-0.4, -0.2) is 25.5 Å². The number of fused-ring (bicyclic) bond motifs is 1.